The second kappa shape index (κ2) is 12.8. The van der Waals surface area contributed by atoms with Crippen molar-refractivity contribution in [1.29, 1.82) is 0 Å². The number of hydrogen-bond donors (Lipinski definition) is 4. The minimum Gasteiger partial charge on any atom is -0.477 e. The number of H-pyrrole nitrogens is 1. The van der Waals surface area contributed by atoms with Crippen molar-refractivity contribution >= 4 is 47.8 Å². The van der Waals surface area contributed by atoms with E-state index in [1.807, 2.05) is 7.05 Å². The summed E-state index contributed by atoms with van der Waals surface area (Å²) in [5.74, 6) is -3.06. The predicted molar refractivity (Wildman–Crippen MR) is 173 cm³/mol. The smallest absolute Gasteiger partial charge is 0.472 e. The number of likely N-dealkylation sites (N-methyl/N-ethyl adjacent to an activating group) is 1. The van der Waals surface area contributed by atoms with Crippen molar-refractivity contribution in [2.24, 2.45) is 5.92 Å². The van der Waals surface area contributed by atoms with Gasteiger partial charge in [0.05, 0.1) is 16.8 Å². The number of anilines is 1. The molecule has 0 spiro atoms. The molecule has 2 saturated heterocycles. The number of aromatic amines is 1. The first-order chi connectivity index (χ1) is 23.1. The maximum absolute atomic E-state index is 16.9. The number of ether oxygens (including phenoxy) is 1. The molecular weight excluding hydrogens is 669 g/mol. The van der Waals surface area contributed by atoms with E-state index in [4.69, 9.17) is 14.5 Å². The lowest BCUT2D eigenvalue weighted by molar-refractivity contribution is 0.0302. The Labute approximate surface area is 276 Å². The Bertz CT molecular complexity index is 2160. The first kappa shape index (κ1) is 34.0. The summed E-state index contributed by atoms with van der Waals surface area (Å²) >= 11 is 0. The highest BCUT2D eigenvalue weighted by atomic mass is 31.2. The summed E-state index contributed by atoms with van der Waals surface area (Å²) < 4.78 is 52.3. The lowest BCUT2D eigenvalue weighted by Gasteiger charge is -2.29. The van der Waals surface area contributed by atoms with Crippen LogP contribution in [0.4, 0.5) is 19.3 Å². The highest BCUT2D eigenvalue weighted by Gasteiger charge is 2.42. The number of rotatable bonds is 9. The molecule has 4 aromatic rings. The van der Waals surface area contributed by atoms with Crippen LogP contribution >= 0.6 is 7.82 Å². The first-order valence-electron chi connectivity index (χ1n) is 14.9. The second-order valence-electron chi connectivity index (χ2n) is 11.8. The van der Waals surface area contributed by atoms with Crippen molar-refractivity contribution in [3.8, 4) is 11.1 Å². The highest BCUT2D eigenvalue weighted by Crippen LogP contribution is 2.45. The van der Waals surface area contributed by atoms with Gasteiger partial charge < -0.3 is 34.4 Å². The van der Waals surface area contributed by atoms with Gasteiger partial charge in [0.25, 0.3) is 5.56 Å². The van der Waals surface area contributed by atoms with E-state index >= 15 is 4.39 Å². The van der Waals surface area contributed by atoms with E-state index in [1.165, 1.54) is 28.9 Å². The Morgan fingerprint density at radius 2 is 1.98 bits per heavy atom. The van der Waals surface area contributed by atoms with Crippen LogP contribution in [0.25, 0.3) is 33.4 Å². The quantitative estimate of drug-likeness (QED) is 0.113. The van der Waals surface area contributed by atoms with Gasteiger partial charge in [-0.1, -0.05) is 12.6 Å². The standard InChI is InChI=1S/C31H31F2N6O9P/c1-16(32)10-22(37(3)31(43)47-15-48-49(44,45)46)26-25(33)24-27(38-9-8-18-12-36(2)14-23(18)38)21(11-34-28(24)35-26)17-4-5-19-6-7-20(30(41)42)29(40)39(19)13-17/h4-7,10-11,13,18,23H,1,8-9,12,14-15H2,2-3H3,(H,34,35)(H,41,42)(H2,44,45,46)/b22-10+/t18-,23+/m0/s1. The van der Waals surface area contributed by atoms with E-state index < -0.39 is 49.4 Å². The van der Waals surface area contributed by atoms with E-state index in [0.717, 1.165) is 26.1 Å². The number of phosphoric acid groups is 1. The predicted octanol–water partition coefficient (Wildman–Crippen LogP) is 3.78. The largest absolute Gasteiger partial charge is 0.477 e. The molecule has 18 heteroatoms. The molecule has 1 amide bonds. The van der Waals surface area contributed by atoms with Crippen LogP contribution in [0.1, 0.15) is 22.5 Å². The van der Waals surface area contributed by atoms with Crippen LogP contribution in [0, 0.1) is 11.7 Å². The molecule has 0 saturated carbocycles. The Balaban J connectivity index is 1.53. The fraction of sp³-hybridized carbons (Fsp3) is 0.290. The first-order valence-corrected chi connectivity index (χ1v) is 16.4. The number of pyridine rings is 3. The van der Waals surface area contributed by atoms with E-state index in [0.29, 0.717) is 40.3 Å². The van der Waals surface area contributed by atoms with Gasteiger partial charge >= 0.3 is 19.9 Å². The SMILES string of the molecule is C=C(F)/C=C(\c1[nH]c2ncc(-c3ccc4ccc(C(=O)O)c(=O)n4c3)c(N3CC[C@H]4CN(C)C[C@H]43)c2c1F)N(C)C(=O)OCOP(=O)(O)O. The molecule has 6 rings (SSSR count). The van der Waals surface area contributed by atoms with Crippen molar-refractivity contribution in [3.63, 3.8) is 0 Å². The summed E-state index contributed by atoms with van der Waals surface area (Å²) in [6, 6.07) is 6.06. The van der Waals surface area contributed by atoms with Gasteiger partial charge in [-0.15, -0.1) is 0 Å². The fourth-order valence-electron chi connectivity index (χ4n) is 6.58. The molecule has 2 fully saturated rings. The van der Waals surface area contributed by atoms with Gasteiger partial charge in [-0.25, -0.2) is 32.4 Å². The van der Waals surface area contributed by atoms with Crippen molar-refractivity contribution in [3.05, 3.63) is 82.6 Å². The number of likely N-dealkylation sites (tertiary alicyclic amines) is 1. The molecule has 258 valence electrons. The summed E-state index contributed by atoms with van der Waals surface area (Å²) in [6.07, 6.45) is 3.29. The number of aromatic carboxylic acids is 1. The summed E-state index contributed by atoms with van der Waals surface area (Å²) in [5, 5.41) is 9.53. The molecule has 2 aliphatic rings. The van der Waals surface area contributed by atoms with Crippen molar-refractivity contribution < 1.29 is 47.1 Å². The van der Waals surface area contributed by atoms with Crippen LogP contribution in [0.5, 0.6) is 0 Å². The van der Waals surface area contributed by atoms with Gasteiger partial charge in [-0.05, 0) is 43.7 Å². The van der Waals surface area contributed by atoms with Gasteiger partial charge in [0.15, 0.2) is 5.82 Å². The number of nitrogens with one attached hydrogen (secondary N) is 1. The van der Waals surface area contributed by atoms with E-state index in [2.05, 4.69) is 30.9 Å². The van der Waals surface area contributed by atoms with Crippen LogP contribution in [-0.4, -0.2) is 97.7 Å². The molecule has 4 aromatic heterocycles. The van der Waals surface area contributed by atoms with Gasteiger partial charge in [0.2, 0.25) is 6.79 Å². The van der Waals surface area contributed by atoms with Crippen LogP contribution in [0.15, 0.2) is 59.9 Å². The molecule has 6 heterocycles. The summed E-state index contributed by atoms with van der Waals surface area (Å²) in [4.78, 5) is 67.6. The number of carboxylic acid groups (broad SMARTS) is 1. The Morgan fingerprint density at radius 1 is 1.24 bits per heavy atom. The molecule has 0 unspecified atom stereocenters. The highest BCUT2D eigenvalue weighted by molar-refractivity contribution is 7.46. The third-order valence-electron chi connectivity index (χ3n) is 8.73. The topological polar surface area (TPSA) is 190 Å². The maximum Gasteiger partial charge on any atom is 0.472 e. The monoisotopic (exact) mass is 700 g/mol. The number of phosphoric ester groups is 1. The number of hydrogen-bond acceptors (Lipinski definition) is 9. The van der Waals surface area contributed by atoms with Crippen LogP contribution in [0.3, 0.4) is 0 Å². The summed E-state index contributed by atoms with van der Waals surface area (Å²) in [6.45, 7) is 4.12. The Kier molecular flexibility index (Phi) is 8.89. The number of fused-ring (bicyclic) bond motifs is 3. The van der Waals surface area contributed by atoms with Crippen molar-refractivity contribution in [2.75, 3.05) is 45.4 Å². The summed E-state index contributed by atoms with van der Waals surface area (Å²) in [7, 11) is -1.86. The minimum absolute atomic E-state index is 0.0106. The number of carbonyl (C=O) groups excluding carboxylic acids is 1. The average Bonchev–Trinajstić information content (AvgIpc) is 3.70. The normalized spacial score (nSPS) is 18.3. The maximum atomic E-state index is 16.9. The van der Waals surface area contributed by atoms with E-state index in [1.54, 1.807) is 12.1 Å². The van der Waals surface area contributed by atoms with E-state index in [9.17, 15) is 28.4 Å². The Morgan fingerprint density at radius 3 is 2.67 bits per heavy atom. The zero-order valence-corrected chi connectivity index (χ0v) is 27.1. The summed E-state index contributed by atoms with van der Waals surface area (Å²) in [5.41, 5.74) is -0.135. The zero-order chi connectivity index (χ0) is 35.4. The molecule has 4 N–H and O–H groups in total. The van der Waals surface area contributed by atoms with Crippen LogP contribution in [-0.2, 0) is 13.8 Å². The zero-order valence-electron chi connectivity index (χ0n) is 26.2. The van der Waals surface area contributed by atoms with Gasteiger partial charge in [-0.2, -0.15) is 0 Å². The molecule has 0 aliphatic carbocycles. The number of allylic oxidation sites excluding steroid dienone is 2. The number of carbonyl (C=O) groups is 2. The Hall–Kier alpha value is -4.93. The second-order valence-corrected chi connectivity index (χ2v) is 13.1. The van der Waals surface area contributed by atoms with Crippen LogP contribution in [0.2, 0.25) is 0 Å². The molecule has 0 aromatic carbocycles. The minimum atomic E-state index is -4.98. The van der Waals surface area contributed by atoms with Crippen molar-refractivity contribution in [2.45, 2.75) is 12.5 Å². The lowest BCUT2D eigenvalue weighted by Crippen LogP contribution is -2.35. The number of halogens is 2. The average molecular weight is 701 g/mol. The van der Waals surface area contributed by atoms with Gasteiger partial charge in [0.1, 0.15) is 22.7 Å². The number of nitrogens with zero attached hydrogens (tertiary/aromatic N) is 5. The molecule has 0 bridgehead atoms. The van der Waals surface area contributed by atoms with Gasteiger partial charge in [-0.3, -0.25) is 14.1 Å². The number of carboxylic acids is 1. The molecule has 2 atom stereocenters. The molecule has 15 nitrogen and oxygen atoms in total. The third-order valence-corrected chi connectivity index (χ3v) is 9.17. The molecule has 49 heavy (non-hydrogen) atoms. The third kappa shape index (κ3) is 6.46. The molecule has 0 radical (unpaired) electrons. The fourth-order valence-corrected chi connectivity index (χ4v) is 6.77. The molecule has 2 aliphatic heterocycles. The molecular formula is C31H31F2N6O9P. The van der Waals surface area contributed by atoms with Crippen LogP contribution < -0.4 is 10.5 Å². The van der Waals surface area contributed by atoms with Crippen molar-refractivity contribution in [1.82, 2.24) is 24.2 Å². The lowest BCUT2D eigenvalue weighted by atomic mass is 10.0. The van der Waals surface area contributed by atoms with E-state index in [-0.39, 0.29) is 34.4 Å². The van der Waals surface area contributed by atoms with Gasteiger partial charge in [0, 0.05) is 61.8 Å². The number of aromatic nitrogens is 3. The number of amides is 1.